The number of ether oxygens (including phenoxy) is 1. The van der Waals surface area contributed by atoms with Crippen LogP contribution >= 0.6 is 11.8 Å². The Hall–Kier alpha value is -0.830. The first-order valence-electron chi connectivity index (χ1n) is 6.49. The van der Waals surface area contributed by atoms with Gasteiger partial charge in [-0.25, -0.2) is 0 Å². The lowest BCUT2D eigenvalue weighted by atomic mass is 10.0. The van der Waals surface area contributed by atoms with Gasteiger partial charge < -0.3 is 10.5 Å². The first-order chi connectivity index (χ1) is 8.31. The number of anilines is 1. The van der Waals surface area contributed by atoms with Crippen LogP contribution in [0, 0.1) is 0 Å². The summed E-state index contributed by atoms with van der Waals surface area (Å²) in [6.45, 7) is 2.65. The summed E-state index contributed by atoms with van der Waals surface area (Å²) in [5, 5.41) is 0.739. The monoisotopic (exact) mass is 251 g/mol. The molecule has 1 aromatic carbocycles. The quantitative estimate of drug-likeness (QED) is 0.818. The number of benzene rings is 1. The lowest BCUT2D eigenvalue weighted by Crippen LogP contribution is -2.08. The number of hydrogen-bond donors (Lipinski definition) is 1. The Labute approximate surface area is 108 Å². The van der Waals surface area contributed by atoms with Crippen molar-refractivity contribution < 1.29 is 4.74 Å². The highest BCUT2D eigenvalue weighted by Crippen LogP contribution is 2.39. The topological polar surface area (TPSA) is 35.2 Å². The van der Waals surface area contributed by atoms with Crippen LogP contribution < -0.4 is 10.5 Å². The Kier molecular flexibility index (Phi) is 4.60. The number of para-hydroxylation sites is 1. The van der Waals surface area contributed by atoms with Crippen molar-refractivity contribution in [3.05, 3.63) is 18.2 Å². The molecule has 0 amide bonds. The Morgan fingerprint density at radius 3 is 2.76 bits per heavy atom. The van der Waals surface area contributed by atoms with Crippen molar-refractivity contribution >= 4 is 17.4 Å². The molecular formula is C14H21NOS. The Balaban J connectivity index is 2.06. The zero-order chi connectivity index (χ0) is 12.1. The summed E-state index contributed by atoms with van der Waals surface area (Å²) in [5.74, 6) is 0.827. The van der Waals surface area contributed by atoms with Crippen molar-refractivity contribution in [1.82, 2.24) is 0 Å². The Morgan fingerprint density at radius 1 is 1.29 bits per heavy atom. The Morgan fingerprint density at radius 2 is 2.06 bits per heavy atom. The maximum atomic E-state index is 6.14. The number of hydrogen-bond acceptors (Lipinski definition) is 3. The lowest BCUT2D eigenvalue weighted by Gasteiger charge is -2.22. The predicted octanol–water partition coefficient (Wildman–Crippen LogP) is 4.09. The minimum atomic E-state index is 0.668. The average molecular weight is 251 g/mol. The van der Waals surface area contributed by atoms with E-state index < -0.39 is 0 Å². The molecule has 0 heterocycles. The van der Waals surface area contributed by atoms with Gasteiger partial charge in [-0.1, -0.05) is 25.3 Å². The maximum absolute atomic E-state index is 6.14. The summed E-state index contributed by atoms with van der Waals surface area (Å²) in [6.07, 6.45) is 6.77. The van der Waals surface area contributed by atoms with Crippen LogP contribution in [-0.2, 0) is 0 Å². The van der Waals surface area contributed by atoms with Gasteiger partial charge in [0.15, 0.2) is 0 Å². The van der Waals surface area contributed by atoms with E-state index in [-0.39, 0.29) is 0 Å². The number of thioether (sulfide) groups is 1. The fourth-order valence-electron chi connectivity index (χ4n) is 2.27. The third-order valence-electron chi connectivity index (χ3n) is 3.17. The molecule has 1 fully saturated rings. The van der Waals surface area contributed by atoms with E-state index in [2.05, 4.69) is 6.07 Å². The molecule has 2 N–H and O–H groups in total. The van der Waals surface area contributed by atoms with Crippen LogP contribution in [0.3, 0.4) is 0 Å². The van der Waals surface area contributed by atoms with Crippen molar-refractivity contribution in [2.75, 3.05) is 12.3 Å². The smallest absolute Gasteiger partial charge is 0.143 e. The summed E-state index contributed by atoms with van der Waals surface area (Å²) < 4.78 is 5.53. The first-order valence-corrected chi connectivity index (χ1v) is 7.37. The zero-order valence-electron chi connectivity index (χ0n) is 10.4. The SMILES string of the molecule is CCOc1cccc(SC2CCCCC2)c1N. The molecule has 2 nitrogen and oxygen atoms in total. The minimum absolute atomic E-state index is 0.668. The normalized spacial score (nSPS) is 17.0. The van der Waals surface area contributed by atoms with Crippen LogP contribution in [0.5, 0.6) is 5.75 Å². The Bertz CT molecular complexity index is 361. The van der Waals surface area contributed by atoms with E-state index >= 15 is 0 Å². The van der Waals surface area contributed by atoms with E-state index in [0.717, 1.165) is 16.7 Å². The molecule has 0 unspecified atom stereocenters. The van der Waals surface area contributed by atoms with Crippen molar-refractivity contribution in [2.45, 2.75) is 49.2 Å². The molecule has 0 aliphatic heterocycles. The number of nitrogens with two attached hydrogens (primary N) is 1. The third-order valence-corrected chi connectivity index (χ3v) is 4.59. The van der Waals surface area contributed by atoms with E-state index in [1.54, 1.807) is 0 Å². The fraction of sp³-hybridized carbons (Fsp3) is 0.571. The van der Waals surface area contributed by atoms with Gasteiger partial charge in [0, 0.05) is 10.1 Å². The van der Waals surface area contributed by atoms with Gasteiger partial charge in [-0.3, -0.25) is 0 Å². The van der Waals surface area contributed by atoms with Crippen LogP contribution in [0.4, 0.5) is 5.69 Å². The second kappa shape index (κ2) is 6.20. The van der Waals surface area contributed by atoms with E-state index in [0.29, 0.717) is 6.61 Å². The third kappa shape index (κ3) is 3.32. The predicted molar refractivity (Wildman–Crippen MR) is 74.8 cm³/mol. The average Bonchev–Trinajstić information content (AvgIpc) is 2.36. The fourth-order valence-corrected chi connectivity index (χ4v) is 3.58. The van der Waals surface area contributed by atoms with Gasteiger partial charge in [0.1, 0.15) is 5.75 Å². The van der Waals surface area contributed by atoms with Gasteiger partial charge in [-0.05, 0) is 31.9 Å². The van der Waals surface area contributed by atoms with Gasteiger partial charge >= 0.3 is 0 Å². The van der Waals surface area contributed by atoms with Crippen LogP contribution in [-0.4, -0.2) is 11.9 Å². The number of rotatable bonds is 4. The second-order valence-electron chi connectivity index (χ2n) is 4.48. The summed E-state index contributed by atoms with van der Waals surface area (Å²) in [6, 6.07) is 6.09. The van der Waals surface area contributed by atoms with Crippen LogP contribution in [0.2, 0.25) is 0 Å². The molecule has 0 atom stereocenters. The molecule has 0 saturated heterocycles. The highest BCUT2D eigenvalue weighted by atomic mass is 32.2. The molecule has 17 heavy (non-hydrogen) atoms. The van der Waals surface area contributed by atoms with E-state index in [1.165, 1.54) is 37.0 Å². The highest BCUT2D eigenvalue weighted by molar-refractivity contribution is 8.00. The van der Waals surface area contributed by atoms with Crippen molar-refractivity contribution in [2.24, 2.45) is 0 Å². The molecule has 1 aliphatic rings. The molecule has 0 radical (unpaired) electrons. The van der Waals surface area contributed by atoms with Gasteiger partial charge in [0.25, 0.3) is 0 Å². The molecule has 3 heteroatoms. The van der Waals surface area contributed by atoms with Crippen LogP contribution in [0.1, 0.15) is 39.0 Å². The van der Waals surface area contributed by atoms with Crippen molar-refractivity contribution in [1.29, 1.82) is 0 Å². The molecule has 0 aromatic heterocycles. The van der Waals surface area contributed by atoms with Crippen LogP contribution in [0.15, 0.2) is 23.1 Å². The van der Waals surface area contributed by atoms with Gasteiger partial charge in [0.2, 0.25) is 0 Å². The summed E-state index contributed by atoms with van der Waals surface area (Å²) in [4.78, 5) is 1.18. The van der Waals surface area contributed by atoms with E-state index in [9.17, 15) is 0 Å². The van der Waals surface area contributed by atoms with Gasteiger partial charge in [-0.15, -0.1) is 11.8 Å². The van der Waals surface area contributed by atoms with E-state index in [1.807, 2.05) is 30.8 Å². The summed E-state index contributed by atoms with van der Waals surface area (Å²) in [7, 11) is 0. The first kappa shape index (κ1) is 12.6. The summed E-state index contributed by atoms with van der Waals surface area (Å²) in [5.41, 5.74) is 6.95. The number of nitrogen functional groups attached to an aromatic ring is 1. The molecule has 0 bridgehead atoms. The molecule has 1 saturated carbocycles. The van der Waals surface area contributed by atoms with Crippen molar-refractivity contribution in [3.63, 3.8) is 0 Å². The zero-order valence-corrected chi connectivity index (χ0v) is 11.3. The maximum Gasteiger partial charge on any atom is 0.143 e. The molecule has 2 rings (SSSR count). The van der Waals surface area contributed by atoms with E-state index in [4.69, 9.17) is 10.5 Å². The van der Waals surface area contributed by atoms with Crippen LogP contribution in [0.25, 0.3) is 0 Å². The molecule has 94 valence electrons. The van der Waals surface area contributed by atoms with Crippen molar-refractivity contribution in [3.8, 4) is 5.75 Å². The molecule has 0 spiro atoms. The molecule has 1 aliphatic carbocycles. The molecule has 1 aromatic rings. The summed E-state index contributed by atoms with van der Waals surface area (Å²) >= 11 is 1.93. The highest BCUT2D eigenvalue weighted by Gasteiger charge is 2.16. The lowest BCUT2D eigenvalue weighted by molar-refractivity contribution is 0.341. The van der Waals surface area contributed by atoms with Gasteiger partial charge in [0.05, 0.1) is 12.3 Å². The van der Waals surface area contributed by atoms with Gasteiger partial charge in [-0.2, -0.15) is 0 Å². The molecular weight excluding hydrogens is 230 g/mol. The second-order valence-corrected chi connectivity index (χ2v) is 5.82. The largest absolute Gasteiger partial charge is 0.492 e. The standard InChI is InChI=1S/C14H21NOS/c1-2-16-12-9-6-10-13(14(12)15)17-11-7-4-3-5-8-11/h6,9-11H,2-5,7-8,15H2,1H3. The minimum Gasteiger partial charge on any atom is -0.492 e.